The molecule has 1 aliphatic rings. The fraction of sp³-hybridized carbons (Fsp3) is 0.417. The second kappa shape index (κ2) is 11.2. The van der Waals surface area contributed by atoms with Gasteiger partial charge in [0.25, 0.3) is 0 Å². The van der Waals surface area contributed by atoms with Crippen LogP contribution in [0.2, 0.25) is 0 Å². The summed E-state index contributed by atoms with van der Waals surface area (Å²) in [4.78, 5) is 27.1. The van der Waals surface area contributed by atoms with E-state index in [4.69, 9.17) is 9.47 Å². The Morgan fingerprint density at radius 2 is 1.79 bits per heavy atom. The predicted octanol–water partition coefficient (Wildman–Crippen LogP) is 2.51. The monoisotopic (exact) mass is 489 g/mol. The Labute approximate surface area is 200 Å². The van der Waals surface area contributed by atoms with Gasteiger partial charge in [-0.05, 0) is 38.0 Å². The van der Waals surface area contributed by atoms with Crippen LogP contribution in [0.4, 0.5) is 5.69 Å². The lowest BCUT2D eigenvalue weighted by atomic mass is 10.1. The Bertz CT molecular complexity index is 1110. The van der Waals surface area contributed by atoms with E-state index in [0.29, 0.717) is 23.7 Å². The second-order valence-corrected chi connectivity index (χ2v) is 9.96. The number of benzene rings is 2. The third-order valence-electron chi connectivity index (χ3n) is 5.51. The highest BCUT2D eigenvalue weighted by Gasteiger charge is 2.27. The number of nitrogens with zero attached hydrogens (tertiary/aromatic N) is 2. The molecule has 184 valence electrons. The molecule has 9 nitrogen and oxygen atoms in total. The van der Waals surface area contributed by atoms with Gasteiger partial charge in [0.2, 0.25) is 28.6 Å². The molecule has 10 heteroatoms. The van der Waals surface area contributed by atoms with Crippen molar-refractivity contribution < 1.29 is 27.5 Å². The van der Waals surface area contributed by atoms with Crippen molar-refractivity contribution in [3.05, 3.63) is 54.1 Å². The molecular formula is C24H31N3O6S. The Balaban J connectivity index is 1.70. The lowest BCUT2D eigenvalue weighted by molar-refractivity contribution is -0.140. The van der Waals surface area contributed by atoms with Crippen molar-refractivity contribution in [2.45, 2.75) is 39.3 Å². The summed E-state index contributed by atoms with van der Waals surface area (Å²) in [6.45, 7) is 4.47. The first-order valence-corrected chi connectivity index (χ1v) is 13.0. The van der Waals surface area contributed by atoms with Crippen LogP contribution in [0.3, 0.4) is 0 Å². The summed E-state index contributed by atoms with van der Waals surface area (Å²) in [5, 5.41) is 2.76. The van der Waals surface area contributed by atoms with E-state index in [0.717, 1.165) is 11.8 Å². The van der Waals surface area contributed by atoms with E-state index in [-0.39, 0.29) is 44.5 Å². The molecule has 1 heterocycles. The quantitative estimate of drug-likeness (QED) is 0.520. The van der Waals surface area contributed by atoms with Crippen LogP contribution in [-0.2, 0) is 26.2 Å². The zero-order valence-corrected chi connectivity index (χ0v) is 20.5. The number of carbonyl (C=O) groups is 2. The van der Waals surface area contributed by atoms with E-state index < -0.39 is 16.1 Å². The first-order chi connectivity index (χ1) is 16.2. The normalized spacial score (nSPS) is 13.3. The second-order valence-electron chi connectivity index (χ2n) is 8.05. The number of sulfonamides is 1. The molecular weight excluding hydrogens is 458 g/mol. The highest BCUT2D eigenvalue weighted by atomic mass is 32.2. The molecule has 1 aliphatic heterocycles. The van der Waals surface area contributed by atoms with Crippen LogP contribution in [0.5, 0.6) is 11.5 Å². The summed E-state index contributed by atoms with van der Waals surface area (Å²) in [6, 6.07) is 13.7. The fourth-order valence-corrected chi connectivity index (χ4v) is 4.69. The summed E-state index contributed by atoms with van der Waals surface area (Å²) in [7, 11) is -3.59. The van der Waals surface area contributed by atoms with E-state index in [9.17, 15) is 18.0 Å². The minimum Gasteiger partial charge on any atom is -0.454 e. The summed E-state index contributed by atoms with van der Waals surface area (Å²) in [5.74, 6) is 0.585. The van der Waals surface area contributed by atoms with Gasteiger partial charge in [0.05, 0.1) is 11.9 Å². The van der Waals surface area contributed by atoms with Crippen molar-refractivity contribution in [1.82, 2.24) is 10.2 Å². The van der Waals surface area contributed by atoms with Crippen LogP contribution in [0.1, 0.15) is 32.3 Å². The molecule has 0 saturated carbocycles. The number of likely N-dealkylation sites (N-methyl/N-ethyl adjacent to an activating group) is 1. The van der Waals surface area contributed by atoms with E-state index in [1.165, 1.54) is 9.21 Å². The maximum Gasteiger partial charge on any atom is 0.242 e. The van der Waals surface area contributed by atoms with E-state index in [1.807, 2.05) is 37.3 Å². The number of anilines is 1. The zero-order chi connectivity index (χ0) is 24.7. The number of hydrogen-bond acceptors (Lipinski definition) is 6. The molecule has 0 spiro atoms. The third-order valence-corrected chi connectivity index (χ3v) is 6.70. The molecule has 2 aromatic carbocycles. The van der Waals surface area contributed by atoms with Gasteiger partial charge in [-0.25, -0.2) is 8.42 Å². The van der Waals surface area contributed by atoms with Crippen molar-refractivity contribution in [3.63, 3.8) is 0 Å². The van der Waals surface area contributed by atoms with Gasteiger partial charge in [-0.3, -0.25) is 13.9 Å². The average Bonchev–Trinajstić information content (AvgIpc) is 3.27. The lowest BCUT2D eigenvalue weighted by Crippen LogP contribution is -2.47. The SMILES string of the molecule is CCNC(=O)[C@@H](C)N(Cc1ccccc1)C(=O)CCCN(c1ccc2c(c1)OCO2)S(C)(=O)=O. The molecule has 0 bridgehead atoms. The lowest BCUT2D eigenvalue weighted by Gasteiger charge is -2.29. The molecule has 2 amide bonds. The van der Waals surface area contributed by atoms with Gasteiger partial charge < -0.3 is 19.7 Å². The van der Waals surface area contributed by atoms with Crippen LogP contribution in [-0.4, -0.2) is 57.3 Å². The minimum atomic E-state index is -3.59. The molecule has 2 aromatic rings. The Hall–Kier alpha value is -3.27. The highest BCUT2D eigenvalue weighted by Crippen LogP contribution is 2.36. The van der Waals surface area contributed by atoms with Gasteiger partial charge in [-0.1, -0.05) is 30.3 Å². The van der Waals surface area contributed by atoms with Crippen LogP contribution < -0.4 is 19.1 Å². The smallest absolute Gasteiger partial charge is 0.242 e. The van der Waals surface area contributed by atoms with Crippen LogP contribution in [0.15, 0.2) is 48.5 Å². The summed E-state index contributed by atoms with van der Waals surface area (Å²) >= 11 is 0. The zero-order valence-electron chi connectivity index (χ0n) is 19.7. The molecule has 0 unspecified atom stereocenters. The maximum atomic E-state index is 13.2. The Kier molecular flexibility index (Phi) is 8.38. The topological polar surface area (TPSA) is 105 Å². The fourth-order valence-electron chi connectivity index (χ4n) is 3.73. The van der Waals surface area contributed by atoms with Crippen LogP contribution >= 0.6 is 0 Å². The molecule has 0 aromatic heterocycles. The summed E-state index contributed by atoms with van der Waals surface area (Å²) in [5.41, 5.74) is 1.35. The number of rotatable bonds is 11. The van der Waals surface area contributed by atoms with Gasteiger partial charge in [0, 0.05) is 32.1 Å². The van der Waals surface area contributed by atoms with E-state index >= 15 is 0 Å². The van der Waals surface area contributed by atoms with Crippen molar-refractivity contribution in [3.8, 4) is 11.5 Å². The van der Waals surface area contributed by atoms with Gasteiger partial charge in [0.1, 0.15) is 6.04 Å². The average molecular weight is 490 g/mol. The van der Waals surface area contributed by atoms with Crippen molar-refractivity contribution >= 4 is 27.5 Å². The van der Waals surface area contributed by atoms with Gasteiger partial charge in [-0.15, -0.1) is 0 Å². The molecule has 0 fully saturated rings. The predicted molar refractivity (Wildman–Crippen MR) is 129 cm³/mol. The number of ether oxygens (including phenoxy) is 2. The number of fused-ring (bicyclic) bond motifs is 1. The highest BCUT2D eigenvalue weighted by molar-refractivity contribution is 7.92. The summed E-state index contributed by atoms with van der Waals surface area (Å²) in [6.07, 6.45) is 1.50. The molecule has 1 N–H and O–H groups in total. The molecule has 34 heavy (non-hydrogen) atoms. The standard InChI is InChI=1S/C24H31N3O6S/c1-4-25-24(29)18(2)26(16-19-9-6-5-7-10-19)23(28)11-8-14-27(34(3,30)31)20-12-13-21-22(15-20)33-17-32-21/h5-7,9-10,12-13,15,18H,4,8,11,14,16-17H2,1-3H3,(H,25,29)/t18-/m1/s1. The summed E-state index contributed by atoms with van der Waals surface area (Å²) < 4.78 is 36.8. The molecule has 0 radical (unpaired) electrons. The third kappa shape index (κ3) is 6.40. The van der Waals surface area contributed by atoms with Crippen LogP contribution in [0.25, 0.3) is 0 Å². The number of amides is 2. The molecule has 3 rings (SSSR count). The largest absolute Gasteiger partial charge is 0.454 e. The molecule has 0 aliphatic carbocycles. The van der Waals surface area contributed by atoms with E-state index in [2.05, 4.69) is 5.32 Å². The van der Waals surface area contributed by atoms with Crippen molar-refractivity contribution in [1.29, 1.82) is 0 Å². The van der Waals surface area contributed by atoms with Gasteiger partial charge in [-0.2, -0.15) is 0 Å². The van der Waals surface area contributed by atoms with Crippen LogP contribution in [0, 0.1) is 0 Å². The molecule has 1 atom stereocenters. The Morgan fingerprint density at radius 3 is 2.47 bits per heavy atom. The van der Waals surface area contributed by atoms with Crippen molar-refractivity contribution in [2.24, 2.45) is 0 Å². The first kappa shape index (κ1) is 25.4. The van der Waals surface area contributed by atoms with Crippen molar-refractivity contribution in [2.75, 3.05) is 30.4 Å². The number of carbonyl (C=O) groups excluding carboxylic acids is 2. The molecule has 0 saturated heterocycles. The minimum absolute atomic E-state index is 0.0904. The number of nitrogens with one attached hydrogen (secondary N) is 1. The van der Waals surface area contributed by atoms with E-state index in [1.54, 1.807) is 25.1 Å². The maximum absolute atomic E-state index is 13.2. The number of hydrogen-bond donors (Lipinski definition) is 1. The first-order valence-electron chi connectivity index (χ1n) is 11.2. The Morgan fingerprint density at radius 1 is 1.09 bits per heavy atom. The van der Waals surface area contributed by atoms with Gasteiger partial charge >= 0.3 is 0 Å². The van der Waals surface area contributed by atoms with Gasteiger partial charge in [0.15, 0.2) is 11.5 Å².